The Hall–Kier alpha value is -4.13. The second-order valence-corrected chi connectivity index (χ2v) is 8.62. The molecule has 1 saturated heterocycles. The molecule has 180 valence electrons. The number of cyclic esters (lactones) is 1. The van der Waals surface area contributed by atoms with Crippen molar-refractivity contribution in [3.8, 4) is 0 Å². The summed E-state index contributed by atoms with van der Waals surface area (Å²) in [6.45, 7) is 4.18. The van der Waals surface area contributed by atoms with Gasteiger partial charge < -0.3 is 15.4 Å². The van der Waals surface area contributed by atoms with Crippen LogP contribution in [0.1, 0.15) is 47.9 Å². The Morgan fingerprint density at radius 3 is 2.20 bits per heavy atom. The molecule has 7 nitrogen and oxygen atoms in total. The molecule has 35 heavy (non-hydrogen) atoms. The Bertz CT molecular complexity index is 1170. The molecule has 1 aliphatic heterocycles. The van der Waals surface area contributed by atoms with Crippen LogP contribution in [0.2, 0.25) is 0 Å². The van der Waals surface area contributed by atoms with E-state index in [1.54, 1.807) is 48.5 Å². The first-order valence-electron chi connectivity index (χ1n) is 11.7. The first kappa shape index (κ1) is 24.0. The lowest BCUT2D eigenvalue weighted by Crippen LogP contribution is -2.48. The highest BCUT2D eigenvalue weighted by Gasteiger charge is 2.47. The van der Waals surface area contributed by atoms with Crippen LogP contribution in [0.4, 0.5) is 10.5 Å². The van der Waals surface area contributed by atoms with E-state index in [2.05, 4.69) is 10.6 Å². The fourth-order valence-corrected chi connectivity index (χ4v) is 3.97. The second kappa shape index (κ2) is 10.9. The Morgan fingerprint density at radius 1 is 0.943 bits per heavy atom. The van der Waals surface area contributed by atoms with Crippen molar-refractivity contribution in [3.63, 3.8) is 0 Å². The van der Waals surface area contributed by atoms with Crippen LogP contribution >= 0.6 is 0 Å². The van der Waals surface area contributed by atoms with E-state index in [-0.39, 0.29) is 24.4 Å². The van der Waals surface area contributed by atoms with Crippen LogP contribution in [-0.2, 0) is 16.1 Å². The maximum absolute atomic E-state index is 13.3. The molecule has 0 aromatic heterocycles. The van der Waals surface area contributed by atoms with Gasteiger partial charge in [-0.15, -0.1) is 0 Å². The minimum atomic E-state index is -0.818. The van der Waals surface area contributed by atoms with Gasteiger partial charge >= 0.3 is 6.09 Å². The summed E-state index contributed by atoms with van der Waals surface area (Å²) < 4.78 is 5.71. The summed E-state index contributed by atoms with van der Waals surface area (Å²) in [5.41, 5.74) is 2.75. The molecule has 1 heterocycles. The van der Waals surface area contributed by atoms with E-state index in [1.165, 1.54) is 4.90 Å². The van der Waals surface area contributed by atoms with E-state index in [4.69, 9.17) is 4.74 Å². The normalized spacial score (nSPS) is 18.0. The summed E-state index contributed by atoms with van der Waals surface area (Å²) in [6, 6.07) is 24.6. The van der Waals surface area contributed by atoms with Crippen LogP contribution in [-0.4, -0.2) is 34.9 Å². The van der Waals surface area contributed by atoms with E-state index in [0.717, 1.165) is 12.0 Å². The maximum atomic E-state index is 13.3. The average Bonchev–Trinajstić information content (AvgIpc) is 3.21. The van der Waals surface area contributed by atoms with Gasteiger partial charge in [-0.25, -0.2) is 4.79 Å². The van der Waals surface area contributed by atoms with Crippen LogP contribution in [0.5, 0.6) is 0 Å². The number of anilines is 1. The summed E-state index contributed by atoms with van der Waals surface area (Å²) in [4.78, 5) is 40.1. The molecular formula is C28H29N3O4. The zero-order valence-electron chi connectivity index (χ0n) is 19.8. The SMILES string of the molecule is CCC(C)NC(=O)C1C(c2ccc(NC(=O)c3ccccc3)cc2)OC(=O)N1Cc1ccccc1. The van der Waals surface area contributed by atoms with Crippen LogP contribution in [0, 0.1) is 0 Å². The van der Waals surface area contributed by atoms with Gasteiger partial charge in [-0.1, -0.05) is 67.6 Å². The van der Waals surface area contributed by atoms with Crippen molar-refractivity contribution in [2.24, 2.45) is 0 Å². The van der Waals surface area contributed by atoms with Gasteiger partial charge in [0.25, 0.3) is 5.91 Å². The van der Waals surface area contributed by atoms with Gasteiger partial charge in [-0.2, -0.15) is 0 Å². The van der Waals surface area contributed by atoms with Crippen molar-refractivity contribution < 1.29 is 19.1 Å². The van der Waals surface area contributed by atoms with Gasteiger partial charge in [0.2, 0.25) is 5.91 Å². The first-order valence-corrected chi connectivity index (χ1v) is 11.7. The third-order valence-corrected chi connectivity index (χ3v) is 6.08. The zero-order chi connectivity index (χ0) is 24.8. The first-order chi connectivity index (χ1) is 17.0. The van der Waals surface area contributed by atoms with Gasteiger partial charge in [0.1, 0.15) is 0 Å². The van der Waals surface area contributed by atoms with Gasteiger partial charge in [-0.3, -0.25) is 14.5 Å². The van der Waals surface area contributed by atoms with Gasteiger partial charge in [0.05, 0.1) is 6.54 Å². The number of hydrogen-bond acceptors (Lipinski definition) is 4. The highest BCUT2D eigenvalue weighted by Crippen LogP contribution is 2.34. The van der Waals surface area contributed by atoms with E-state index in [9.17, 15) is 14.4 Å². The Labute approximate surface area is 205 Å². The van der Waals surface area contributed by atoms with Crippen molar-refractivity contribution in [3.05, 3.63) is 102 Å². The van der Waals surface area contributed by atoms with Crippen LogP contribution in [0.25, 0.3) is 0 Å². The molecule has 3 aromatic rings. The van der Waals surface area contributed by atoms with E-state index >= 15 is 0 Å². The molecule has 2 N–H and O–H groups in total. The van der Waals surface area contributed by atoms with Gasteiger partial charge in [0, 0.05) is 17.3 Å². The molecule has 0 aliphatic carbocycles. The molecular weight excluding hydrogens is 442 g/mol. The van der Waals surface area contributed by atoms with Crippen LogP contribution < -0.4 is 10.6 Å². The lowest BCUT2D eigenvalue weighted by Gasteiger charge is -2.25. The summed E-state index contributed by atoms with van der Waals surface area (Å²) >= 11 is 0. The number of amides is 3. The quantitative estimate of drug-likeness (QED) is 0.488. The molecule has 3 unspecified atom stereocenters. The smallest absolute Gasteiger partial charge is 0.411 e. The summed E-state index contributed by atoms with van der Waals surface area (Å²) in [6.07, 6.45) is -0.536. The molecule has 7 heteroatoms. The standard InChI is InChI=1S/C28H29N3O4/c1-3-19(2)29-27(33)24-25(35-28(34)31(24)18-20-10-6-4-7-11-20)21-14-16-23(17-15-21)30-26(32)22-12-8-5-9-13-22/h4-17,19,24-25H,3,18H2,1-2H3,(H,29,33)(H,30,32). The number of benzene rings is 3. The van der Waals surface area contributed by atoms with Crippen molar-refractivity contribution in [1.29, 1.82) is 0 Å². The highest BCUT2D eigenvalue weighted by molar-refractivity contribution is 6.04. The topological polar surface area (TPSA) is 87.7 Å². The van der Waals surface area contributed by atoms with Gasteiger partial charge in [-0.05, 0) is 48.7 Å². The monoisotopic (exact) mass is 471 g/mol. The summed E-state index contributed by atoms with van der Waals surface area (Å²) in [5, 5.41) is 5.85. The van der Waals surface area contributed by atoms with E-state index in [0.29, 0.717) is 16.8 Å². The Kier molecular flexibility index (Phi) is 7.45. The molecule has 0 saturated carbocycles. The molecule has 0 bridgehead atoms. The minimum Gasteiger partial charge on any atom is -0.438 e. The van der Waals surface area contributed by atoms with Crippen molar-refractivity contribution in [1.82, 2.24) is 10.2 Å². The lowest BCUT2D eigenvalue weighted by atomic mass is 10.00. The summed E-state index contributed by atoms with van der Waals surface area (Å²) in [7, 11) is 0. The maximum Gasteiger partial charge on any atom is 0.411 e. The molecule has 1 fully saturated rings. The number of nitrogens with zero attached hydrogens (tertiary/aromatic N) is 1. The number of carbonyl (C=O) groups excluding carboxylic acids is 3. The molecule has 4 rings (SSSR count). The second-order valence-electron chi connectivity index (χ2n) is 8.62. The fourth-order valence-electron chi connectivity index (χ4n) is 3.97. The fraction of sp³-hybridized carbons (Fsp3) is 0.250. The predicted molar refractivity (Wildman–Crippen MR) is 134 cm³/mol. The van der Waals surface area contributed by atoms with Crippen molar-refractivity contribution in [2.75, 3.05) is 5.32 Å². The molecule has 3 atom stereocenters. The Morgan fingerprint density at radius 2 is 1.57 bits per heavy atom. The zero-order valence-corrected chi connectivity index (χ0v) is 19.8. The van der Waals surface area contributed by atoms with E-state index in [1.807, 2.05) is 50.2 Å². The number of nitrogens with one attached hydrogen (secondary N) is 2. The third kappa shape index (κ3) is 5.69. The Balaban J connectivity index is 1.55. The minimum absolute atomic E-state index is 0.0343. The third-order valence-electron chi connectivity index (χ3n) is 6.08. The molecule has 0 radical (unpaired) electrons. The van der Waals surface area contributed by atoms with E-state index < -0.39 is 18.2 Å². The van der Waals surface area contributed by atoms with Crippen LogP contribution in [0.3, 0.4) is 0 Å². The summed E-state index contributed by atoms with van der Waals surface area (Å²) in [5.74, 6) is -0.474. The molecule has 1 aliphatic rings. The van der Waals surface area contributed by atoms with Crippen molar-refractivity contribution in [2.45, 2.75) is 45.0 Å². The number of ether oxygens (including phenoxy) is 1. The highest BCUT2D eigenvalue weighted by atomic mass is 16.6. The average molecular weight is 472 g/mol. The lowest BCUT2D eigenvalue weighted by molar-refractivity contribution is -0.127. The van der Waals surface area contributed by atoms with Crippen LogP contribution in [0.15, 0.2) is 84.9 Å². The number of hydrogen-bond donors (Lipinski definition) is 2. The molecule has 0 spiro atoms. The molecule has 3 amide bonds. The number of rotatable bonds is 8. The molecule has 3 aromatic carbocycles. The van der Waals surface area contributed by atoms with Crippen molar-refractivity contribution >= 4 is 23.6 Å². The predicted octanol–water partition coefficient (Wildman–Crippen LogP) is 4.92. The number of carbonyl (C=O) groups is 3. The largest absolute Gasteiger partial charge is 0.438 e. The van der Waals surface area contributed by atoms with Gasteiger partial charge in [0.15, 0.2) is 12.1 Å².